The summed E-state index contributed by atoms with van der Waals surface area (Å²) in [5.74, 6) is -0.935. The fraction of sp³-hybridized carbons (Fsp3) is 0.600. The number of carboxylic acid groups (broad SMARTS) is 1. The summed E-state index contributed by atoms with van der Waals surface area (Å²) in [5.41, 5.74) is 0.176. The smallest absolute Gasteiger partial charge is 0.330 e. The third-order valence-electron chi connectivity index (χ3n) is 2.11. The molecule has 2 fully saturated rings. The quantitative estimate of drug-likeness (QED) is 0.436. The number of hydrogen-bond acceptors (Lipinski definition) is 2. The Bertz CT molecular complexity index is 193. The van der Waals surface area contributed by atoms with Gasteiger partial charge < -0.3 is 16.3 Å². The van der Waals surface area contributed by atoms with Gasteiger partial charge in [-0.3, -0.25) is 0 Å². The molecule has 3 nitrogen and oxygen atoms in total. The largest absolute Gasteiger partial charge is 0.478 e. The Morgan fingerprint density at radius 3 is 2.43 bits per heavy atom. The van der Waals surface area contributed by atoms with Crippen LogP contribution in [-0.4, -0.2) is 23.3 Å². The second kappa shape index (κ2) is 6.34. The summed E-state index contributed by atoms with van der Waals surface area (Å²) in [6.45, 7) is 4.60. The predicted molar refractivity (Wildman–Crippen MR) is 49.3 cm³/mol. The summed E-state index contributed by atoms with van der Waals surface area (Å²) in [4.78, 5) is 9.60. The van der Waals surface area contributed by atoms with E-state index >= 15 is 0 Å². The molecule has 1 radical (unpaired) electrons. The van der Waals surface area contributed by atoms with Gasteiger partial charge in [0.25, 0.3) is 0 Å². The van der Waals surface area contributed by atoms with Crippen LogP contribution < -0.4 is 0 Å². The summed E-state index contributed by atoms with van der Waals surface area (Å²) in [6.07, 6.45) is 7.42. The molecule has 1 heterocycles. The van der Waals surface area contributed by atoms with E-state index in [0.29, 0.717) is 12.2 Å². The molecule has 0 aromatic rings. The molecule has 2 atom stereocenters. The molecule has 0 spiro atoms. The minimum Gasteiger partial charge on any atom is -0.478 e. The monoisotopic (exact) mass is 370 g/mol. The molecule has 2 unspecified atom stereocenters. The molecule has 81 valence electrons. The van der Waals surface area contributed by atoms with E-state index in [1.807, 2.05) is 0 Å². The van der Waals surface area contributed by atoms with Crippen LogP contribution in [0.15, 0.2) is 12.2 Å². The minimum absolute atomic E-state index is 0. The first kappa shape index (κ1) is 13.8. The van der Waals surface area contributed by atoms with Gasteiger partial charge in [0.15, 0.2) is 0 Å². The van der Waals surface area contributed by atoms with Crippen molar-refractivity contribution in [1.29, 1.82) is 0 Å². The van der Waals surface area contributed by atoms with Crippen LogP contribution in [-0.2, 0) is 30.0 Å². The second-order valence-electron chi connectivity index (χ2n) is 3.40. The maximum Gasteiger partial charge on any atom is 0.330 e. The standard InChI is InChI=1S/C6H9O.C4H6O2.Re/c1-2-4-6-5(3-1)7-6;1-3(2)4(5)6;/h1,5-6H,2-4H2;1H2,2H3,(H,5,6);/q-1;;. The number of carboxylic acids is 1. The fourth-order valence-corrected chi connectivity index (χ4v) is 1.20. The molecular weight excluding hydrogens is 354 g/mol. The van der Waals surface area contributed by atoms with Crippen LogP contribution >= 0.6 is 0 Å². The van der Waals surface area contributed by atoms with Crippen molar-refractivity contribution in [2.75, 3.05) is 0 Å². The molecule has 0 amide bonds. The molecular formula is C10H15O3Re-. The summed E-state index contributed by atoms with van der Waals surface area (Å²) < 4.78 is 5.25. The average Bonchev–Trinajstić information content (AvgIpc) is 2.83. The van der Waals surface area contributed by atoms with Crippen LogP contribution in [0.25, 0.3) is 0 Å². The first-order valence-corrected chi connectivity index (χ1v) is 4.47. The first-order chi connectivity index (χ1) is 6.11. The Hall–Kier alpha value is -0.168. The van der Waals surface area contributed by atoms with Gasteiger partial charge in [0.2, 0.25) is 0 Å². The number of ether oxygens (including phenoxy) is 1. The molecule has 1 N–H and O–H groups in total. The summed E-state index contributed by atoms with van der Waals surface area (Å²) in [5, 5.41) is 7.89. The van der Waals surface area contributed by atoms with E-state index in [-0.39, 0.29) is 26.0 Å². The van der Waals surface area contributed by atoms with Crippen molar-refractivity contribution in [3.05, 3.63) is 18.6 Å². The van der Waals surface area contributed by atoms with Gasteiger partial charge in [-0.25, -0.2) is 4.79 Å². The summed E-state index contributed by atoms with van der Waals surface area (Å²) in [6, 6.07) is 0. The number of epoxide rings is 1. The maximum atomic E-state index is 9.60. The Labute approximate surface area is 98.2 Å². The van der Waals surface area contributed by atoms with Crippen molar-refractivity contribution in [1.82, 2.24) is 0 Å². The van der Waals surface area contributed by atoms with Crippen LogP contribution in [0.2, 0.25) is 0 Å². The molecule has 1 saturated heterocycles. The second-order valence-corrected chi connectivity index (χ2v) is 3.40. The van der Waals surface area contributed by atoms with Gasteiger partial charge in [0, 0.05) is 26.0 Å². The summed E-state index contributed by atoms with van der Waals surface area (Å²) in [7, 11) is 0. The minimum atomic E-state index is -0.935. The van der Waals surface area contributed by atoms with Crippen molar-refractivity contribution < 1.29 is 35.1 Å². The molecule has 0 aromatic carbocycles. The molecule has 1 aliphatic heterocycles. The van der Waals surface area contributed by atoms with Gasteiger partial charge in [-0.2, -0.15) is 6.42 Å². The van der Waals surface area contributed by atoms with E-state index in [9.17, 15) is 4.79 Å². The average molecular weight is 369 g/mol. The summed E-state index contributed by atoms with van der Waals surface area (Å²) >= 11 is 0. The zero-order valence-electron chi connectivity index (χ0n) is 8.20. The van der Waals surface area contributed by atoms with Crippen LogP contribution in [0.4, 0.5) is 0 Å². The zero-order chi connectivity index (χ0) is 9.84. The molecule has 14 heavy (non-hydrogen) atoms. The Morgan fingerprint density at radius 1 is 1.57 bits per heavy atom. The molecule has 4 heteroatoms. The number of carbonyl (C=O) groups is 1. The van der Waals surface area contributed by atoms with Crippen LogP contribution in [0.5, 0.6) is 0 Å². The molecule has 0 bridgehead atoms. The van der Waals surface area contributed by atoms with Crippen LogP contribution in [0.1, 0.15) is 26.2 Å². The van der Waals surface area contributed by atoms with Gasteiger partial charge in [-0.05, 0) is 6.92 Å². The SMILES string of the molecule is C=C(C)C(=O)O.[CH-]1CCC2OC2C1.[Re]. The van der Waals surface area contributed by atoms with Crippen LogP contribution in [0.3, 0.4) is 0 Å². The van der Waals surface area contributed by atoms with E-state index < -0.39 is 5.97 Å². The third-order valence-corrected chi connectivity index (χ3v) is 2.11. The van der Waals surface area contributed by atoms with E-state index in [2.05, 4.69) is 13.0 Å². The number of fused-ring (bicyclic) bond motifs is 1. The number of aliphatic carboxylic acids is 1. The zero-order valence-corrected chi connectivity index (χ0v) is 10.9. The van der Waals surface area contributed by atoms with Crippen molar-refractivity contribution in [3.8, 4) is 0 Å². The number of hydrogen-bond donors (Lipinski definition) is 1. The molecule has 1 aliphatic carbocycles. The first-order valence-electron chi connectivity index (χ1n) is 4.47. The molecule has 2 rings (SSSR count). The molecule has 0 aromatic heterocycles. The third kappa shape index (κ3) is 4.90. The van der Waals surface area contributed by atoms with Gasteiger partial charge in [0.05, 0.1) is 12.2 Å². The van der Waals surface area contributed by atoms with Gasteiger partial charge >= 0.3 is 5.97 Å². The van der Waals surface area contributed by atoms with Crippen molar-refractivity contribution in [2.45, 2.75) is 38.4 Å². The fourth-order valence-electron chi connectivity index (χ4n) is 1.20. The van der Waals surface area contributed by atoms with E-state index in [0.717, 1.165) is 0 Å². The Morgan fingerprint density at radius 2 is 2.14 bits per heavy atom. The van der Waals surface area contributed by atoms with Crippen molar-refractivity contribution in [3.63, 3.8) is 0 Å². The maximum absolute atomic E-state index is 9.60. The van der Waals surface area contributed by atoms with Crippen molar-refractivity contribution in [2.24, 2.45) is 0 Å². The van der Waals surface area contributed by atoms with Crippen LogP contribution in [0, 0.1) is 6.42 Å². The van der Waals surface area contributed by atoms with E-state index in [4.69, 9.17) is 9.84 Å². The molecule has 2 aliphatic rings. The van der Waals surface area contributed by atoms with Gasteiger partial charge in [0.1, 0.15) is 0 Å². The van der Waals surface area contributed by atoms with E-state index in [1.54, 1.807) is 0 Å². The van der Waals surface area contributed by atoms with Gasteiger partial charge in [-0.1, -0.05) is 13.0 Å². The Balaban J connectivity index is 0.000000230. The van der Waals surface area contributed by atoms with E-state index in [1.165, 1.54) is 26.2 Å². The van der Waals surface area contributed by atoms with Crippen molar-refractivity contribution >= 4 is 5.97 Å². The Kier molecular flexibility index (Phi) is 6.27. The van der Waals surface area contributed by atoms with Gasteiger partial charge in [-0.15, -0.1) is 6.42 Å². The topological polar surface area (TPSA) is 49.8 Å². The normalized spacial score (nSPS) is 27.2. The number of rotatable bonds is 1. The predicted octanol–water partition coefficient (Wildman–Crippen LogP) is 1.79. The molecule has 1 saturated carbocycles.